The zero-order valence-electron chi connectivity index (χ0n) is 30.5. The lowest BCUT2D eigenvalue weighted by atomic mass is 10.0. The van der Waals surface area contributed by atoms with Crippen LogP contribution in [0.3, 0.4) is 0 Å². The van der Waals surface area contributed by atoms with Crippen molar-refractivity contribution in [2.75, 3.05) is 6.54 Å². The monoisotopic (exact) mass is 855 g/mol. The molecule has 4 aromatic carbocycles. The van der Waals surface area contributed by atoms with Crippen molar-refractivity contribution in [3.05, 3.63) is 149 Å². The molecular weight excluding hydrogens is 823 g/mol. The van der Waals surface area contributed by atoms with Gasteiger partial charge in [-0.15, -0.1) is 12.3 Å². The number of nitrogens with zero attached hydrogens (tertiary/aromatic N) is 5. The van der Waals surface area contributed by atoms with Crippen molar-refractivity contribution in [2.24, 2.45) is 5.11 Å². The molecule has 21 nitrogen and oxygen atoms in total. The quantitative estimate of drug-likeness (QED) is 0.0171. The van der Waals surface area contributed by atoms with Gasteiger partial charge in [-0.1, -0.05) is 41.5 Å². The first-order valence-electron chi connectivity index (χ1n) is 16.7. The Bertz CT molecular complexity index is 2470. The van der Waals surface area contributed by atoms with E-state index >= 15 is 0 Å². The number of carbonyl (C=O) groups excluding carboxylic acids is 2. The van der Waals surface area contributed by atoms with Crippen LogP contribution in [-0.4, -0.2) is 54.3 Å². The third kappa shape index (κ3) is 17.3. The summed E-state index contributed by atoms with van der Waals surface area (Å²) in [5, 5.41) is 24.7. The van der Waals surface area contributed by atoms with Crippen LogP contribution in [0.15, 0.2) is 90.0 Å². The van der Waals surface area contributed by atoms with Crippen LogP contribution in [0.25, 0.3) is 10.4 Å². The number of azide groups is 1. The third-order valence-electron chi connectivity index (χ3n) is 7.61. The van der Waals surface area contributed by atoms with Gasteiger partial charge in [0.25, 0.3) is 11.4 Å². The minimum atomic E-state index is -4.71. The smallest absolute Gasteiger partial charge is 0.446 e. The van der Waals surface area contributed by atoms with Gasteiger partial charge >= 0.3 is 32.7 Å². The summed E-state index contributed by atoms with van der Waals surface area (Å²) in [4.78, 5) is 47.0. The van der Waals surface area contributed by atoms with E-state index in [1.54, 1.807) is 0 Å². The third-order valence-corrected chi connectivity index (χ3v) is 8.42. The minimum Gasteiger partial charge on any atom is -0.461 e. The van der Waals surface area contributed by atoms with Crippen LogP contribution in [-0.2, 0) is 78.8 Å². The number of terminal acetylenes is 1. The fraction of sp³-hybridized carbons (Fsp3) is 0.222. The summed E-state index contributed by atoms with van der Waals surface area (Å²) in [5.41, 5.74) is 11.5. The molecule has 0 saturated carbocycles. The zero-order chi connectivity index (χ0) is 43.6. The molecular formula is C36H33N5O16S2. The van der Waals surface area contributed by atoms with Gasteiger partial charge in [-0.3, -0.25) is 38.9 Å². The lowest BCUT2D eigenvalue weighted by molar-refractivity contribution is -0.385. The summed E-state index contributed by atoms with van der Waals surface area (Å²) in [6, 6.07) is 19.3. The first kappa shape index (κ1) is 46.3. The number of nitro benzene ring substituents is 2. The van der Waals surface area contributed by atoms with Gasteiger partial charge < -0.3 is 17.8 Å². The normalized spacial score (nSPS) is 10.7. The van der Waals surface area contributed by atoms with E-state index in [-0.39, 0.29) is 61.9 Å². The van der Waals surface area contributed by atoms with E-state index in [1.165, 1.54) is 84.9 Å². The van der Waals surface area contributed by atoms with E-state index in [1.807, 2.05) is 0 Å². The lowest BCUT2D eigenvalue weighted by Gasteiger charge is -2.12. The molecule has 0 amide bonds. The van der Waals surface area contributed by atoms with Gasteiger partial charge in [-0.25, -0.2) is 0 Å². The Morgan fingerprint density at radius 1 is 0.695 bits per heavy atom. The molecule has 0 fully saturated rings. The fourth-order valence-electron chi connectivity index (χ4n) is 4.94. The molecule has 4 rings (SSSR count). The predicted molar refractivity (Wildman–Crippen MR) is 205 cm³/mol. The topological polar surface area (TPSA) is 315 Å². The number of ether oxygens (including phenoxy) is 2. The molecule has 0 heterocycles. The Balaban J connectivity index is 0.000000316. The van der Waals surface area contributed by atoms with Crippen molar-refractivity contribution in [3.8, 4) is 23.8 Å². The van der Waals surface area contributed by atoms with Crippen LogP contribution < -0.4 is 8.37 Å². The second-order valence-electron chi connectivity index (χ2n) is 11.8. The molecule has 0 atom stereocenters. The second kappa shape index (κ2) is 22.0. The van der Waals surface area contributed by atoms with Crippen LogP contribution in [0.5, 0.6) is 11.5 Å². The molecule has 0 radical (unpaired) electrons. The molecule has 0 spiro atoms. The second-order valence-corrected chi connectivity index (χ2v) is 13.9. The SMILES string of the molecule is C#CCCc1cc(OS(=O)(=O)O)ccc1COC(=O)Cc1ccc([N+](=O)[O-])cc1.[N-]=[N+]=NCCc1cc(OS(=O)(=O)O)ccc1COC(=O)Cc1ccc([N+](=O)[O-])cc1. The molecule has 2 N–H and O–H groups in total. The average molecular weight is 856 g/mol. The van der Waals surface area contributed by atoms with Crippen molar-refractivity contribution in [3.63, 3.8) is 0 Å². The molecule has 23 heteroatoms. The lowest BCUT2D eigenvalue weighted by Crippen LogP contribution is -2.10. The Kier molecular flexibility index (Phi) is 17.3. The van der Waals surface area contributed by atoms with Crippen molar-refractivity contribution >= 4 is 44.1 Å². The molecule has 59 heavy (non-hydrogen) atoms. The molecule has 0 aromatic heterocycles. The maximum atomic E-state index is 12.1. The van der Waals surface area contributed by atoms with Gasteiger partial charge in [-0.2, -0.15) is 16.8 Å². The Labute approximate surface area is 336 Å². The van der Waals surface area contributed by atoms with Gasteiger partial charge in [0, 0.05) is 42.1 Å². The van der Waals surface area contributed by atoms with Gasteiger partial charge in [0.2, 0.25) is 0 Å². The largest absolute Gasteiger partial charge is 0.461 e. The van der Waals surface area contributed by atoms with Crippen LogP contribution in [0, 0.1) is 32.6 Å². The summed E-state index contributed by atoms with van der Waals surface area (Å²) in [7, 11) is -9.37. The van der Waals surface area contributed by atoms with Crippen LogP contribution >= 0.6 is 0 Å². The number of hydrogen-bond acceptors (Lipinski definition) is 15. The fourth-order valence-corrected chi connectivity index (χ4v) is 5.64. The standard InChI is InChI=1S/C19H17NO8S.C17H16N4O8S/c1-2-3-4-15-12-18(28-29(24,25)26)10-7-16(15)13-27-19(21)11-14-5-8-17(9-6-14)20(22)23;18-20-19-8-7-13-10-16(29-30(25,26)27)6-3-14(13)11-28-17(22)9-12-1-4-15(5-2-12)21(23)24/h1,5-10,12H,3-4,11,13H2,(H,24,25,26);1-6,10H,7-9,11H2,(H,25,26,27). The Morgan fingerprint density at radius 3 is 1.46 bits per heavy atom. The molecule has 310 valence electrons. The molecule has 0 unspecified atom stereocenters. The van der Waals surface area contributed by atoms with E-state index < -0.39 is 42.6 Å². The first-order valence-corrected chi connectivity index (χ1v) is 19.4. The Hall–Kier alpha value is -7.09. The number of non-ortho nitro benzene ring substituents is 2. The highest BCUT2D eigenvalue weighted by atomic mass is 32.3. The summed E-state index contributed by atoms with van der Waals surface area (Å²) in [6.07, 6.45) is 6.04. The van der Waals surface area contributed by atoms with E-state index in [4.69, 9.17) is 30.5 Å². The molecule has 0 bridgehead atoms. The van der Waals surface area contributed by atoms with Crippen molar-refractivity contribution in [1.82, 2.24) is 0 Å². The first-order chi connectivity index (χ1) is 27.8. The summed E-state index contributed by atoms with van der Waals surface area (Å²) >= 11 is 0. The van der Waals surface area contributed by atoms with E-state index in [0.29, 0.717) is 46.2 Å². The summed E-state index contributed by atoms with van der Waals surface area (Å²) in [5.74, 6) is 1.08. The zero-order valence-corrected chi connectivity index (χ0v) is 32.1. The molecule has 0 aliphatic carbocycles. The van der Waals surface area contributed by atoms with E-state index in [2.05, 4.69) is 24.3 Å². The summed E-state index contributed by atoms with van der Waals surface area (Å²) in [6.45, 7) is -0.170. The highest BCUT2D eigenvalue weighted by Gasteiger charge is 2.15. The molecule has 0 aliphatic rings. The minimum absolute atomic E-state index is 0.0650. The van der Waals surface area contributed by atoms with Gasteiger partial charge in [0.15, 0.2) is 0 Å². The predicted octanol–water partition coefficient (Wildman–Crippen LogP) is 5.54. The van der Waals surface area contributed by atoms with Gasteiger partial charge in [0.05, 0.1) is 22.7 Å². The molecule has 0 aliphatic heterocycles. The van der Waals surface area contributed by atoms with Crippen LogP contribution in [0.2, 0.25) is 0 Å². The number of aryl methyl sites for hydroxylation is 1. The number of hydrogen-bond donors (Lipinski definition) is 2. The molecule has 4 aromatic rings. The number of esters is 2. The highest BCUT2D eigenvalue weighted by molar-refractivity contribution is 7.81. The van der Waals surface area contributed by atoms with Crippen molar-refractivity contribution < 1.29 is 63.2 Å². The van der Waals surface area contributed by atoms with Crippen molar-refractivity contribution in [1.29, 1.82) is 0 Å². The van der Waals surface area contributed by atoms with E-state index in [0.717, 1.165) is 0 Å². The van der Waals surface area contributed by atoms with E-state index in [9.17, 15) is 46.7 Å². The number of rotatable bonds is 19. The number of nitro groups is 2. The van der Waals surface area contributed by atoms with Crippen LogP contribution in [0.4, 0.5) is 11.4 Å². The number of carbonyl (C=O) groups is 2. The van der Waals surface area contributed by atoms with Gasteiger partial charge in [0.1, 0.15) is 24.7 Å². The van der Waals surface area contributed by atoms with Gasteiger partial charge in [-0.05, 0) is 76.0 Å². The Morgan fingerprint density at radius 2 is 1.10 bits per heavy atom. The number of benzene rings is 4. The maximum Gasteiger partial charge on any atom is 0.446 e. The summed E-state index contributed by atoms with van der Waals surface area (Å²) < 4.78 is 80.3. The average Bonchev–Trinajstić information content (AvgIpc) is 3.16. The molecule has 0 saturated heterocycles. The van der Waals surface area contributed by atoms with Crippen molar-refractivity contribution in [2.45, 2.75) is 45.3 Å². The highest BCUT2D eigenvalue weighted by Crippen LogP contribution is 2.23. The maximum absolute atomic E-state index is 12.1. The van der Waals surface area contributed by atoms with Crippen LogP contribution in [0.1, 0.15) is 39.8 Å².